The van der Waals surface area contributed by atoms with E-state index in [-0.39, 0.29) is 18.0 Å². The maximum Gasteiger partial charge on any atom is 0.317 e. The van der Waals surface area contributed by atoms with E-state index in [0.29, 0.717) is 25.4 Å². The molecular weight excluding hydrogens is 256 g/mol. The van der Waals surface area contributed by atoms with E-state index in [0.717, 1.165) is 0 Å². The van der Waals surface area contributed by atoms with E-state index in [9.17, 15) is 9.59 Å². The first-order chi connectivity index (χ1) is 9.47. The van der Waals surface area contributed by atoms with Crippen molar-refractivity contribution in [2.75, 3.05) is 13.1 Å². The number of nitrogens with one attached hydrogen (secondary N) is 1. The SMILES string of the molecule is CC1CC(C(=O)O)CN(C(=O)NC(C)C2CCCC2)C1. The second kappa shape index (κ2) is 6.46. The summed E-state index contributed by atoms with van der Waals surface area (Å²) in [4.78, 5) is 25.1. The molecule has 0 aromatic heterocycles. The lowest BCUT2D eigenvalue weighted by Crippen LogP contribution is -2.52. The van der Waals surface area contributed by atoms with Gasteiger partial charge in [0.15, 0.2) is 0 Å². The van der Waals surface area contributed by atoms with Gasteiger partial charge >= 0.3 is 12.0 Å². The summed E-state index contributed by atoms with van der Waals surface area (Å²) < 4.78 is 0. The number of urea groups is 1. The molecule has 2 fully saturated rings. The van der Waals surface area contributed by atoms with Gasteiger partial charge in [-0.2, -0.15) is 0 Å². The van der Waals surface area contributed by atoms with Crippen LogP contribution in [0, 0.1) is 17.8 Å². The van der Waals surface area contributed by atoms with Crippen LogP contribution in [0.1, 0.15) is 46.0 Å². The van der Waals surface area contributed by atoms with E-state index in [4.69, 9.17) is 5.11 Å². The number of hydrogen-bond donors (Lipinski definition) is 2. The van der Waals surface area contributed by atoms with Gasteiger partial charge in [-0.15, -0.1) is 0 Å². The van der Waals surface area contributed by atoms with Crippen LogP contribution in [-0.4, -0.2) is 41.1 Å². The molecule has 20 heavy (non-hydrogen) atoms. The van der Waals surface area contributed by atoms with Crippen molar-refractivity contribution in [3.8, 4) is 0 Å². The molecule has 3 atom stereocenters. The van der Waals surface area contributed by atoms with Crippen molar-refractivity contribution >= 4 is 12.0 Å². The highest BCUT2D eigenvalue weighted by Crippen LogP contribution is 2.28. The fraction of sp³-hybridized carbons (Fsp3) is 0.867. The standard InChI is InChI=1S/C15H26N2O3/c1-10-7-13(14(18)19)9-17(8-10)15(20)16-11(2)12-5-3-4-6-12/h10-13H,3-9H2,1-2H3,(H,16,20)(H,18,19). The number of carboxylic acids is 1. The third-order valence-electron chi connectivity index (χ3n) is 4.75. The Bertz CT molecular complexity index is 366. The largest absolute Gasteiger partial charge is 0.481 e. The van der Waals surface area contributed by atoms with Crippen LogP contribution in [0.15, 0.2) is 0 Å². The molecular formula is C15H26N2O3. The molecule has 1 saturated carbocycles. The normalized spacial score (nSPS) is 29.2. The van der Waals surface area contributed by atoms with Crippen molar-refractivity contribution in [3.63, 3.8) is 0 Å². The van der Waals surface area contributed by atoms with Crippen LogP contribution in [0.25, 0.3) is 0 Å². The lowest BCUT2D eigenvalue weighted by atomic mass is 9.90. The first kappa shape index (κ1) is 15.1. The Labute approximate surface area is 120 Å². The van der Waals surface area contributed by atoms with Gasteiger partial charge in [0.05, 0.1) is 5.92 Å². The molecule has 1 saturated heterocycles. The summed E-state index contributed by atoms with van der Waals surface area (Å²) in [5.74, 6) is -0.390. The Hall–Kier alpha value is -1.26. The lowest BCUT2D eigenvalue weighted by molar-refractivity contribution is -0.143. The number of nitrogens with zero attached hydrogens (tertiary/aromatic N) is 1. The molecule has 0 radical (unpaired) electrons. The predicted octanol–water partition coefficient (Wildman–Crippen LogP) is 2.32. The van der Waals surface area contributed by atoms with Gasteiger partial charge in [-0.25, -0.2) is 4.79 Å². The Balaban J connectivity index is 1.88. The van der Waals surface area contributed by atoms with Crippen LogP contribution < -0.4 is 5.32 Å². The maximum absolute atomic E-state index is 12.3. The van der Waals surface area contributed by atoms with E-state index in [1.165, 1.54) is 25.7 Å². The van der Waals surface area contributed by atoms with E-state index in [1.807, 2.05) is 6.92 Å². The van der Waals surface area contributed by atoms with Crippen LogP contribution in [-0.2, 0) is 4.79 Å². The number of carbonyl (C=O) groups is 2. The van der Waals surface area contributed by atoms with Gasteiger partial charge in [0.2, 0.25) is 0 Å². The highest BCUT2D eigenvalue weighted by Gasteiger charge is 2.33. The number of likely N-dealkylation sites (tertiary alicyclic amines) is 1. The van der Waals surface area contributed by atoms with Gasteiger partial charge in [0.1, 0.15) is 0 Å². The van der Waals surface area contributed by atoms with Crippen LogP contribution >= 0.6 is 0 Å². The zero-order valence-electron chi connectivity index (χ0n) is 12.5. The predicted molar refractivity (Wildman–Crippen MR) is 76.4 cm³/mol. The van der Waals surface area contributed by atoms with E-state index < -0.39 is 11.9 Å². The highest BCUT2D eigenvalue weighted by atomic mass is 16.4. The van der Waals surface area contributed by atoms with Crippen molar-refractivity contribution < 1.29 is 14.7 Å². The fourth-order valence-electron chi connectivity index (χ4n) is 3.56. The lowest BCUT2D eigenvalue weighted by Gasteiger charge is -2.35. The summed E-state index contributed by atoms with van der Waals surface area (Å²) >= 11 is 0. The average molecular weight is 282 g/mol. The molecule has 5 heteroatoms. The Morgan fingerprint density at radius 2 is 1.90 bits per heavy atom. The fourth-order valence-corrected chi connectivity index (χ4v) is 3.56. The topological polar surface area (TPSA) is 69.6 Å². The summed E-state index contributed by atoms with van der Waals surface area (Å²) in [7, 11) is 0. The summed E-state index contributed by atoms with van der Waals surface area (Å²) in [5, 5.41) is 12.2. The molecule has 114 valence electrons. The highest BCUT2D eigenvalue weighted by molar-refractivity contribution is 5.76. The Morgan fingerprint density at radius 3 is 2.50 bits per heavy atom. The molecule has 0 aromatic carbocycles. The number of carbonyl (C=O) groups excluding carboxylic acids is 1. The number of aliphatic carboxylic acids is 1. The summed E-state index contributed by atoms with van der Waals surface area (Å²) in [6, 6.07) is 0.0905. The molecule has 1 aliphatic carbocycles. The number of amides is 2. The average Bonchev–Trinajstić information content (AvgIpc) is 2.91. The van der Waals surface area contributed by atoms with Crippen LogP contribution in [0.2, 0.25) is 0 Å². The first-order valence-corrected chi connectivity index (χ1v) is 7.75. The maximum atomic E-state index is 12.3. The van der Waals surface area contributed by atoms with E-state index in [1.54, 1.807) is 4.90 Å². The molecule has 2 N–H and O–H groups in total. The minimum Gasteiger partial charge on any atom is -0.481 e. The number of carboxylic acid groups (broad SMARTS) is 1. The van der Waals surface area contributed by atoms with Crippen molar-refractivity contribution in [2.24, 2.45) is 17.8 Å². The molecule has 2 amide bonds. The molecule has 1 aliphatic heterocycles. The van der Waals surface area contributed by atoms with Crippen molar-refractivity contribution in [3.05, 3.63) is 0 Å². The van der Waals surface area contributed by atoms with Gasteiger partial charge in [-0.05, 0) is 38.0 Å². The van der Waals surface area contributed by atoms with Gasteiger partial charge in [0.25, 0.3) is 0 Å². The van der Waals surface area contributed by atoms with E-state index in [2.05, 4.69) is 12.2 Å². The molecule has 2 aliphatic rings. The molecule has 3 unspecified atom stereocenters. The third-order valence-corrected chi connectivity index (χ3v) is 4.75. The minimum absolute atomic E-state index is 0.0952. The van der Waals surface area contributed by atoms with E-state index >= 15 is 0 Å². The van der Waals surface area contributed by atoms with Crippen molar-refractivity contribution in [1.82, 2.24) is 10.2 Å². The van der Waals surface area contributed by atoms with Gasteiger partial charge in [-0.1, -0.05) is 19.8 Å². The monoisotopic (exact) mass is 282 g/mol. The zero-order valence-corrected chi connectivity index (χ0v) is 12.5. The molecule has 1 heterocycles. The Kier molecular flexibility index (Phi) is 4.89. The Morgan fingerprint density at radius 1 is 1.25 bits per heavy atom. The summed E-state index contributed by atoms with van der Waals surface area (Å²) in [6.45, 7) is 5.07. The summed E-state index contributed by atoms with van der Waals surface area (Å²) in [5.41, 5.74) is 0. The second-order valence-electron chi connectivity index (χ2n) is 6.56. The quantitative estimate of drug-likeness (QED) is 0.834. The molecule has 0 bridgehead atoms. The van der Waals surface area contributed by atoms with Crippen molar-refractivity contribution in [1.29, 1.82) is 0 Å². The summed E-state index contributed by atoms with van der Waals surface area (Å²) in [6.07, 6.45) is 5.56. The number of rotatable bonds is 3. The zero-order chi connectivity index (χ0) is 14.7. The van der Waals surface area contributed by atoms with Gasteiger partial charge in [-0.3, -0.25) is 4.79 Å². The number of hydrogen-bond acceptors (Lipinski definition) is 2. The van der Waals surface area contributed by atoms with Crippen LogP contribution in [0.5, 0.6) is 0 Å². The minimum atomic E-state index is -0.793. The second-order valence-corrected chi connectivity index (χ2v) is 6.56. The van der Waals surface area contributed by atoms with Crippen LogP contribution in [0.3, 0.4) is 0 Å². The third kappa shape index (κ3) is 3.64. The van der Waals surface area contributed by atoms with Crippen molar-refractivity contribution in [2.45, 2.75) is 52.0 Å². The first-order valence-electron chi connectivity index (χ1n) is 7.75. The van der Waals surface area contributed by atoms with Crippen LogP contribution in [0.4, 0.5) is 4.79 Å². The van der Waals surface area contributed by atoms with Gasteiger partial charge in [0, 0.05) is 19.1 Å². The number of piperidine rings is 1. The smallest absolute Gasteiger partial charge is 0.317 e. The molecule has 0 aromatic rings. The molecule has 0 spiro atoms. The molecule has 5 nitrogen and oxygen atoms in total. The molecule has 2 rings (SSSR count). The van der Waals surface area contributed by atoms with Gasteiger partial charge < -0.3 is 15.3 Å².